The number of aliphatic hydroxyl groups is 2. The minimum Gasteiger partial charge on any atom is -0.386 e. The maximum Gasteiger partial charge on any atom is 0.199 e. The van der Waals surface area contributed by atoms with Gasteiger partial charge in [0.2, 0.25) is 0 Å². The van der Waals surface area contributed by atoms with E-state index in [1.54, 1.807) is 106 Å². The van der Waals surface area contributed by atoms with Crippen LogP contribution in [0.5, 0.6) is 0 Å². The highest BCUT2D eigenvalue weighted by atomic mass is 32.3. The lowest BCUT2D eigenvalue weighted by Crippen LogP contribution is -2.02. The van der Waals surface area contributed by atoms with E-state index in [9.17, 15) is 18.6 Å². The third-order valence-corrected chi connectivity index (χ3v) is 21.7. The Balaban J connectivity index is 3.35. The van der Waals surface area contributed by atoms with Gasteiger partial charge < -0.3 is 10.2 Å². The third kappa shape index (κ3) is 36.7. The number of carbonyl (C=O) groups is 3. The van der Waals surface area contributed by atoms with Gasteiger partial charge in [-0.1, -0.05) is 35.3 Å². The molecule has 0 aromatic carbocycles. The molecule has 41 heavy (non-hydrogen) atoms. The molecule has 1 atom stereocenters. The van der Waals surface area contributed by atoms with E-state index in [-0.39, 0.29) is 27.2 Å². The van der Waals surface area contributed by atoms with Gasteiger partial charge in [-0.25, -0.2) is 0 Å². The van der Waals surface area contributed by atoms with E-state index in [0.29, 0.717) is 38.3 Å². The maximum absolute atomic E-state index is 12.1. The number of carbonyl (C=O) groups excluding carboxylic acids is 3. The van der Waals surface area contributed by atoms with Crippen LogP contribution in [0.3, 0.4) is 0 Å². The number of aliphatic hydroxyl groups excluding tert-OH is 2. The summed E-state index contributed by atoms with van der Waals surface area (Å²) in [6.07, 6.45) is 0. The van der Waals surface area contributed by atoms with Crippen LogP contribution in [0.1, 0.15) is 0 Å². The van der Waals surface area contributed by atoms with Gasteiger partial charge >= 0.3 is 0 Å². The summed E-state index contributed by atoms with van der Waals surface area (Å²) >= 11 is 21.9. The Morgan fingerprint density at radius 2 is 0.829 bits per heavy atom. The van der Waals surface area contributed by atoms with Gasteiger partial charge in [0.05, 0.1) is 34.2 Å². The molecule has 2 N–H and O–H groups in total. The van der Waals surface area contributed by atoms with Crippen molar-refractivity contribution in [3.63, 3.8) is 0 Å². The normalized spacial score (nSPS) is 12.0. The van der Waals surface area contributed by atoms with Crippen molar-refractivity contribution in [3.05, 3.63) is 0 Å². The Morgan fingerprint density at radius 3 is 1.29 bits per heavy atom. The van der Waals surface area contributed by atoms with Gasteiger partial charge in [0, 0.05) is 68.1 Å². The number of hydrogen-bond donors (Lipinski definition) is 2. The fraction of sp³-hybridized carbons (Fsp3) is 0.850. The van der Waals surface area contributed by atoms with E-state index < -0.39 is 10.8 Å². The summed E-state index contributed by atoms with van der Waals surface area (Å²) in [5, 5.41) is 25.8. The molecule has 0 radical (unpaired) electrons. The van der Waals surface area contributed by atoms with Crippen molar-refractivity contribution in [1.82, 2.24) is 0 Å². The van der Waals surface area contributed by atoms with Crippen molar-refractivity contribution >= 4 is 191 Å². The fourth-order valence-electron chi connectivity index (χ4n) is 1.78. The van der Waals surface area contributed by atoms with Crippen LogP contribution in [0.15, 0.2) is 0 Å². The molecule has 0 spiro atoms. The molecule has 0 aromatic rings. The Kier molecular flexibility index (Phi) is 40.4. The quantitative estimate of drug-likeness (QED) is 0.0549. The molecule has 6 nitrogen and oxygen atoms in total. The minimum atomic E-state index is -0.803. The Labute approximate surface area is 307 Å². The number of thioether (sulfide) groups is 14. The topological polar surface area (TPSA) is 109 Å². The maximum atomic E-state index is 12.1. The summed E-state index contributed by atoms with van der Waals surface area (Å²) in [5.41, 5.74) is 0. The van der Waals surface area contributed by atoms with Gasteiger partial charge in [0.1, 0.15) is 0 Å². The summed E-state index contributed by atoms with van der Waals surface area (Å²) < 4.78 is 12.1. The molecule has 21 heteroatoms. The van der Waals surface area contributed by atoms with E-state index in [1.165, 1.54) is 58.8 Å². The molecule has 0 aliphatic rings. The van der Waals surface area contributed by atoms with Crippen LogP contribution in [-0.4, -0.2) is 121 Å². The summed E-state index contributed by atoms with van der Waals surface area (Å²) in [7, 11) is -0.803. The van der Waals surface area contributed by atoms with Crippen molar-refractivity contribution in [2.24, 2.45) is 0 Å². The van der Waals surface area contributed by atoms with E-state index in [4.69, 9.17) is 10.2 Å². The van der Waals surface area contributed by atoms with Crippen molar-refractivity contribution < 1.29 is 28.8 Å². The first-order valence-corrected chi connectivity index (χ1v) is 28.5. The lowest BCUT2D eigenvalue weighted by molar-refractivity contribution is -0.109. The van der Waals surface area contributed by atoms with Gasteiger partial charge in [-0.3, -0.25) is 18.6 Å². The molecule has 1 unspecified atom stereocenters. The number of rotatable bonds is 31. The highest BCUT2D eigenvalue weighted by Gasteiger charge is 2.06. The van der Waals surface area contributed by atoms with Gasteiger partial charge in [-0.15, -0.1) is 118 Å². The third-order valence-electron chi connectivity index (χ3n) is 3.42. The second-order valence-electron chi connectivity index (χ2n) is 6.51. The first-order valence-electron chi connectivity index (χ1n) is 11.4. The minimum absolute atomic E-state index is 0.0430. The fourth-order valence-corrected chi connectivity index (χ4v) is 18.4. The molecule has 242 valence electrons. The van der Waals surface area contributed by atoms with Crippen molar-refractivity contribution in [2.45, 2.75) is 0 Å². The Morgan fingerprint density at radius 1 is 0.463 bits per heavy atom. The van der Waals surface area contributed by atoms with Gasteiger partial charge in [-0.2, -0.15) is 11.8 Å². The predicted octanol–water partition coefficient (Wildman–Crippen LogP) is 7.05. The number of hydrogen-bond acceptors (Lipinski definition) is 20. The molecule has 0 saturated carbocycles. The van der Waals surface area contributed by atoms with Crippen LogP contribution in [0.2, 0.25) is 0 Å². The van der Waals surface area contributed by atoms with Crippen LogP contribution in [0.4, 0.5) is 0 Å². The first kappa shape index (κ1) is 45.0. The van der Waals surface area contributed by atoms with E-state index in [0.717, 1.165) is 41.3 Å². The SMILES string of the molecule is O=C(CSCSCSCCS(=O)CSCSCSCSC(=O)CSCSCSCC(=O)SCSCO)SCSCO. The zero-order valence-electron chi connectivity index (χ0n) is 22.2. The second-order valence-corrected chi connectivity index (χ2v) is 25.7. The molecule has 0 amide bonds. The molecule has 0 aromatic heterocycles. The predicted molar refractivity (Wildman–Crippen MR) is 217 cm³/mol. The summed E-state index contributed by atoms with van der Waals surface area (Å²) in [4.78, 5) is 35.2. The van der Waals surface area contributed by atoms with Crippen LogP contribution in [0, 0.1) is 0 Å². The lowest BCUT2D eigenvalue weighted by atomic mass is 10.9. The monoisotopic (exact) mass is 852 g/mol. The van der Waals surface area contributed by atoms with E-state index in [1.807, 2.05) is 0 Å². The Hall–Kier alpha value is 3.98. The average molecular weight is 854 g/mol. The Bertz CT molecular complexity index is 679. The smallest absolute Gasteiger partial charge is 0.199 e. The highest BCUT2D eigenvalue weighted by Crippen LogP contribution is 2.25. The van der Waals surface area contributed by atoms with Gasteiger partial charge in [0.25, 0.3) is 0 Å². The molecular formula is C20H36O6S15. The first-order chi connectivity index (χ1) is 20.0. The zero-order chi connectivity index (χ0) is 30.2. The van der Waals surface area contributed by atoms with Crippen molar-refractivity contribution in [2.75, 3.05) is 91.5 Å². The highest BCUT2D eigenvalue weighted by molar-refractivity contribution is 8.30. The molecule has 0 aliphatic heterocycles. The molecule has 0 saturated heterocycles. The van der Waals surface area contributed by atoms with Gasteiger partial charge in [0.15, 0.2) is 15.3 Å². The summed E-state index contributed by atoms with van der Waals surface area (Å²) in [5.74, 6) is 3.17. The van der Waals surface area contributed by atoms with Crippen molar-refractivity contribution in [3.8, 4) is 0 Å². The molecule has 0 fully saturated rings. The standard InChI is InChI=1S/C20H36O6S15/c21-6-31-14-38-18(23)3-28-9-33-8-27-1-2-41(26)17-37-13-35-12-36-16-40-20(25)5-30-11-34-10-29-4-19(24)39-15-32-7-22/h21-22H,1-17H2. The van der Waals surface area contributed by atoms with Crippen LogP contribution < -0.4 is 0 Å². The van der Waals surface area contributed by atoms with Crippen molar-refractivity contribution in [1.29, 1.82) is 0 Å². The lowest BCUT2D eigenvalue weighted by Gasteiger charge is -2.04. The summed E-state index contributed by atoms with van der Waals surface area (Å²) in [6, 6.07) is 0. The molecular weight excluding hydrogens is 817 g/mol. The van der Waals surface area contributed by atoms with E-state index in [2.05, 4.69) is 0 Å². The van der Waals surface area contributed by atoms with Crippen LogP contribution in [-0.2, 0) is 25.2 Å². The molecule has 0 rings (SSSR count). The average Bonchev–Trinajstić information content (AvgIpc) is 2.95. The van der Waals surface area contributed by atoms with Crippen LogP contribution in [0.25, 0.3) is 0 Å². The van der Waals surface area contributed by atoms with E-state index >= 15 is 0 Å². The van der Waals surface area contributed by atoms with Gasteiger partial charge in [-0.05, 0) is 0 Å². The molecule has 0 heterocycles. The zero-order valence-corrected chi connectivity index (χ0v) is 34.4. The molecule has 0 aliphatic carbocycles. The molecule has 0 bridgehead atoms. The second kappa shape index (κ2) is 36.8. The largest absolute Gasteiger partial charge is 0.386 e. The summed E-state index contributed by atoms with van der Waals surface area (Å²) in [6.45, 7) is 0. The van der Waals surface area contributed by atoms with Crippen LogP contribution >= 0.6 is 165 Å².